The molecule has 104 valence electrons. The second-order valence-corrected chi connectivity index (χ2v) is 5.30. The van der Waals surface area contributed by atoms with Gasteiger partial charge in [-0.1, -0.05) is 17.7 Å². The normalized spacial score (nSPS) is 14.1. The van der Waals surface area contributed by atoms with Gasteiger partial charge >= 0.3 is 0 Å². The molecular weight excluding hydrogens is 248 g/mol. The Morgan fingerprint density at radius 2 is 2.00 bits per heavy atom. The zero-order chi connectivity index (χ0) is 14.1. The first-order valence-corrected chi connectivity index (χ1v) is 7.08. The topological polar surface area (TPSA) is 41.0 Å². The molecule has 1 aromatic heterocycles. The minimum absolute atomic E-state index is 0.797. The first kappa shape index (κ1) is 12.9. The molecule has 4 heteroatoms. The van der Waals surface area contributed by atoms with Gasteiger partial charge in [-0.05, 0) is 38.3 Å². The molecule has 0 saturated heterocycles. The summed E-state index contributed by atoms with van der Waals surface area (Å²) in [6.07, 6.45) is 2.31. The standard InChI is InChI=1S/C16H20N4/c1-11-6-7-14-13(9-11)5-4-8-20(14)16-10-15(17-3)18-12(2)19-16/h6-7,9-10H,4-5,8H2,1-3H3,(H,17,18,19). The molecule has 0 atom stereocenters. The summed E-state index contributed by atoms with van der Waals surface area (Å²) in [6, 6.07) is 8.68. The van der Waals surface area contributed by atoms with E-state index in [-0.39, 0.29) is 0 Å². The molecule has 0 bridgehead atoms. The van der Waals surface area contributed by atoms with Gasteiger partial charge in [-0.2, -0.15) is 0 Å². The number of aromatic nitrogens is 2. The Morgan fingerprint density at radius 1 is 1.15 bits per heavy atom. The van der Waals surface area contributed by atoms with Crippen LogP contribution in [0.1, 0.15) is 23.4 Å². The Bertz CT molecular complexity index is 636. The van der Waals surface area contributed by atoms with Gasteiger partial charge in [-0.25, -0.2) is 9.97 Å². The summed E-state index contributed by atoms with van der Waals surface area (Å²) < 4.78 is 0. The number of aryl methyl sites for hydroxylation is 3. The SMILES string of the molecule is CNc1cc(N2CCCc3cc(C)ccc32)nc(C)n1. The van der Waals surface area contributed by atoms with E-state index in [9.17, 15) is 0 Å². The highest BCUT2D eigenvalue weighted by atomic mass is 15.2. The van der Waals surface area contributed by atoms with Gasteiger partial charge in [0.05, 0.1) is 0 Å². The Labute approximate surface area is 119 Å². The molecule has 1 aliphatic rings. The Hall–Kier alpha value is -2.10. The van der Waals surface area contributed by atoms with Gasteiger partial charge in [-0.3, -0.25) is 0 Å². The molecule has 1 aromatic carbocycles. The quantitative estimate of drug-likeness (QED) is 0.908. The van der Waals surface area contributed by atoms with Crippen molar-refractivity contribution < 1.29 is 0 Å². The van der Waals surface area contributed by atoms with Crippen molar-refractivity contribution in [3.05, 3.63) is 41.2 Å². The van der Waals surface area contributed by atoms with E-state index in [1.807, 2.05) is 20.0 Å². The Balaban J connectivity index is 2.06. The van der Waals surface area contributed by atoms with Crippen LogP contribution in [-0.2, 0) is 6.42 Å². The first-order chi connectivity index (χ1) is 9.67. The number of hydrogen-bond acceptors (Lipinski definition) is 4. The van der Waals surface area contributed by atoms with Gasteiger partial charge in [0.15, 0.2) is 0 Å². The summed E-state index contributed by atoms with van der Waals surface area (Å²) in [5.74, 6) is 2.64. The Kier molecular flexibility index (Phi) is 3.30. The van der Waals surface area contributed by atoms with Crippen molar-refractivity contribution in [2.75, 3.05) is 23.8 Å². The van der Waals surface area contributed by atoms with Gasteiger partial charge in [0.1, 0.15) is 17.5 Å². The van der Waals surface area contributed by atoms with Gasteiger partial charge in [0, 0.05) is 25.3 Å². The third-order valence-corrected chi connectivity index (χ3v) is 3.71. The van der Waals surface area contributed by atoms with Crippen molar-refractivity contribution >= 4 is 17.3 Å². The average molecular weight is 268 g/mol. The summed E-state index contributed by atoms with van der Waals surface area (Å²) in [4.78, 5) is 11.3. The van der Waals surface area contributed by atoms with Crippen LogP contribution in [0.4, 0.5) is 17.3 Å². The highest BCUT2D eigenvalue weighted by molar-refractivity contribution is 5.67. The van der Waals surface area contributed by atoms with Crippen molar-refractivity contribution in [1.29, 1.82) is 0 Å². The van der Waals surface area contributed by atoms with Crippen LogP contribution in [0.5, 0.6) is 0 Å². The van der Waals surface area contributed by atoms with Gasteiger partial charge < -0.3 is 10.2 Å². The molecular formula is C16H20N4. The molecule has 0 saturated carbocycles. The van der Waals surface area contributed by atoms with Crippen molar-refractivity contribution in [1.82, 2.24) is 9.97 Å². The summed E-state index contributed by atoms with van der Waals surface area (Å²) in [6.45, 7) is 5.09. The fourth-order valence-electron chi connectivity index (χ4n) is 2.78. The van der Waals surface area contributed by atoms with Gasteiger partial charge in [0.2, 0.25) is 0 Å². The number of rotatable bonds is 2. The largest absolute Gasteiger partial charge is 0.373 e. The lowest BCUT2D eigenvalue weighted by molar-refractivity contribution is 0.756. The van der Waals surface area contributed by atoms with Crippen molar-refractivity contribution in [2.24, 2.45) is 0 Å². The maximum atomic E-state index is 4.60. The number of nitrogens with one attached hydrogen (secondary N) is 1. The van der Waals surface area contributed by atoms with Crippen LogP contribution in [0.3, 0.4) is 0 Å². The van der Waals surface area contributed by atoms with Crippen LogP contribution in [0.2, 0.25) is 0 Å². The first-order valence-electron chi connectivity index (χ1n) is 7.08. The molecule has 2 heterocycles. The van der Waals surface area contributed by atoms with E-state index in [0.29, 0.717) is 0 Å². The van der Waals surface area contributed by atoms with Crippen LogP contribution in [0.25, 0.3) is 0 Å². The summed E-state index contributed by atoms with van der Waals surface area (Å²) in [5.41, 5.74) is 4.01. The third kappa shape index (κ3) is 2.33. The van der Waals surface area contributed by atoms with Crippen LogP contribution >= 0.6 is 0 Å². The second kappa shape index (κ2) is 5.12. The monoisotopic (exact) mass is 268 g/mol. The van der Waals surface area contributed by atoms with E-state index >= 15 is 0 Å². The van der Waals surface area contributed by atoms with E-state index in [1.165, 1.54) is 16.8 Å². The van der Waals surface area contributed by atoms with Crippen molar-refractivity contribution in [3.8, 4) is 0 Å². The maximum Gasteiger partial charge on any atom is 0.138 e. The van der Waals surface area contributed by atoms with Gasteiger partial charge in [0.25, 0.3) is 0 Å². The number of hydrogen-bond donors (Lipinski definition) is 1. The van der Waals surface area contributed by atoms with E-state index in [0.717, 1.165) is 36.8 Å². The number of nitrogens with zero attached hydrogens (tertiary/aromatic N) is 3. The smallest absolute Gasteiger partial charge is 0.138 e. The summed E-state index contributed by atoms with van der Waals surface area (Å²) >= 11 is 0. The molecule has 0 spiro atoms. The third-order valence-electron chi connectivity index (χ3n) is 3.71. The maximum absolute atomic E-state index is 4.60. The predicted octanol–water partition coefficient (Wildman–Crippen LogP) is 3.22. The van der Waals surface area contributed by atoms with Crippen molar-refractivity contribution in [3.63, 3.8) is 0 Å². The van der Waals surface area contributed by atoms with E-state index in [2.05, 4.69) is 45.3 Å². The fourth-order valence-corrected chi connectivity index (χ4v) is 2.78. The molecule has 0 unspecified atom stereocenters. The fraction of sp³-hybridized carbons (Fsp3) is 0.375. The lowest BCUT2D eigenvalue weighted by Gasteiger charge is -2.31. The molecule has 0 fully saturated rings. The summed E-state index contributed by atoms with van der Waals surface area (Å²) in [7, 11) is 1.89. The highest BCUT2D eigenvalue weighted by Crippen LogP contribution is 2.33. The van der Waals surface area contributed by atoms with E-state index in [1.54, 1.807) is 0 Å². The highest BCUT2D eigenvalue weighted by Gasteiger charge is 2.20. The Morgan fingerprint density at radius 3 is 2.80 bits per heavy atom. The van der Waals surface area contributed by atoms with Crippen LogP contribution in [0, 0.1) is 13.8 Å². The molecule has 20 heavy (non-hydrogen) atoms. The lowest BCUT2D eigenvalue weighted by Crippen LogP contribution is -2.25. The molecule has 1 N–H and O–H groups in total. The molecule has 0 aliphatic carbocycles. The van der Waals surface area contributed by atoms with Crippen molar-refractivity contribution in [2.45, 2.75) is 26.7 Å². The average Bonchev–Trinajstić information content (AvgIpc) is 2.45. The number of fused-ring (bicyclic) bond motifs is 1. The minimum Gasteiger partial charge on any atom is -0.373 e. The summed E-state index contributed by atoms with van der Waals surface area (Å²) in [5, 5.41) is 3.10. The van der Waals surface area contributed by atoms with Crippen LogP contribution in [-0.4, -0.2) is 23.6 Å². The van der Waals surface area contributed by atoms with Crippen LogP contribution < -0.4 is 10.2 Å². The zero-order valence-electron chi connectivity index (χ0n) is 12.3. The number of anilines is 3. The van der Waals surface area contributed by atoms with Crippen LogP contribution in [0.15, 0.2) is 24.3 Å². The van der Waals surface area contributed by atoms with Gasteiger partial charge in [-0.15, -0.1) is 0 Å². The minimum atomic E-state index is 0.797. The van der Waals surface area contributed by atoms with E-state index in [4.69, 9.17) is 0 Å². The molecule has 0 amide bonds. The zero-order valence-corrected chi connectivity index (χ0v) is 12.3. The molecule has 2 aromatic rings. The second-order valence-electron chi connectivity index (χ2n) is 5.30. The molecule has 0 radical (unpaired) electrons. The number of benzene rings is 1. The molecule has 1 aliphatic heterocycles. The lowest BCUT2D eigenvalue weighted by atomic mass is 9.99. The molecule has 3 rings (SSSR count). The van der Waals surface area contributed by atoms with E-state index < -0.39 is 0 Å². The predicted molar refractivity (Wildman–Crippen MR) is 82.8 cm³/mol. The molecule has 4 nitrogen and oxygen atoms in total.